The van der Waals surface area contributed by atoms with E-state index in [2.05, 4.69) is 42.7 Å². The summed E-state index contributed by atoms with van der Waals surface area (Å²) in [5, 5.41) is 1.30. The molecule has 2 aromatic rings. The second-order valence-electron chi connectivity index (χ2n) is 6.57. The van der Waals surface area contributed by atoms with Crippen molar-refractivity contribution in [1.82, 2.24) is 4.57 Å². The average molecular weight is 297 g/mol. The van der Waals surface area contributed by atoms with Crippen molar-refractivity contribution in [3.63, 3.8) is 0 Å². The van der Waals surface area contributed by atoms with Gasteiger partial charge in [0.1, 0.15) is 0 Å². The van der Waals surface area contributed by atoms with E-state index in [9.17, 15) is 4.79 Å². The van der Waals surface area contributed by atoms with E-state index in [1.54, 1.807) is 0 Å². The molecule has 0 saturated heterocycles. The summed E-state index contributed by atoms with van der Waals surface area (Å²) in [4.78, 5) is 13.2. The lowest BCUT2D eigenvalue weighted by atomic mass is 9.95. The molecule has 22 heavy (non-hydrogen) atoms. The summed E-state index contributed by atoms with van der Waals surface area (Å²) < 4.78 is 2.08. The Morgan fingerprint density at radius 3 is 2.73 bits per heavy atom. The fourth-order valence-electron chi connectivity index (χ4n) is 3.88. The van der Waals surface area contributed by atoms with Gasteiger partial charge in [-0.3, -0.25) is 9.36 Å². The third kappa shape index (κ3) is 2.60. The van der Waals surface area contributed by atoms with Gasteiger partial charge in [-0.1, -0.05) is 44.9 Å². The number of fused-ring (bicyclic) bond motifs is 3. The van der Waals surface area contributed by atoms with E-state index in [1.165, 1.54) is 29.5 Å². The first-order valence-electron chi connectivity index (χ1n) is 8.93. The molecule has 2 nitrogen and oxygen atoms in total. The summed E-state index contributed by atoms with van der Waals surface area (Å²) in [6.45, 7) is 4.35. The topological polar surface area (TPSA) is 22.0 Å². The number of aryl methyl sites for hydroxylation is 1. The first kappa shape index (κ1) is 15.3. The molecule has 3 rings (SSSR count). The molecule has 0 spiro atoms. The third-order valence-corrected chi connectivity index (χ3v) is 5.15. The second kappa shape index (κ2) is 6.68. The minimum atomic E-state index is 0.168. The van der Waals surface area contributed by atoms with E-state index < -0.39 is 0 Å². The van der Waals surface area contributed by atoms with Crippen LogP contribution in [0, 0.1) is 5.92 Å². The molecule has 1 heterocycles. The lowest BCUT2D eigenvalue weighted by Gasteiger charge is -2.19. The predicted molar refractivity (Wildman–Crippen MR) is 92.5 cm³/mol. The Kier molecular flexibility index (Phi) is 4.66. The van der Waals surface area contributed by atoms with E-state index in [0.717, 1.165) is 44.0 Å². The molecule has 118 valence electrons. The van der Waals surface area contributed by atoms with E-state index in [4.69, 9.17) is 0 Å². The summed E-state index contributed by atoms with van der Waals surface area (Å²) >= 11 is 0. The van der Waals surface area contributed by atoms with Gasteiger partial charge in [0.25, 0.3) is 0 Å². The number of carbonyl (C=O) groups is 1. The minimum Gasteiger partial charge on any atom is -0.284 e. The second-order valence-corrected chi connectivity index (χ2v) is 6.57. The molecular formula is C20H27NO. The molecule has 1 aliphatic carbocycles. The summed E-state index contributed by atoms with van der Waals surface area (Å²) in [6.07, 6.45) is 8.92. The molecule has 2 heteroatoms. The molecular weight excluding hydrogens is 270 g/mol. The van der Waals surface area contributed by atoms with Crippen LogP contribution < -0.4 is 0 Å². The van der Waals surface area contributed by atoms with Crippen LogP contribution in [0.2, 0.25) is 0 Å². The molecule has 1 aliphatic rings. The lowest BCUT2D eigenvalue weighted by molar-refractivity contribution is 0.0823. The number of aromatic nitrogens is 1. The maximum Gasteiger partial charge on any atom is 0.234 e. The fraction of sp³-hybridized carbons (Fsp3) is 0.550. The van der Waals surface area contributed by atoms with Crippen LogP contribution in [0.4, 0.5) is 0 Å². The van der Waals surface area contributed by atoms with Crippen molar-refractivity contribution < 1.29 is 4.79 Å². The first-order valence-corrected chi connectivity index (χ1v) is 8.93. The van der Waals surface area contributed by atoms with Gasteiger partial charge in [-0.2, -0.15) is 0 Å². The number of hydrogen-bond donors (Lipinski definition) is 0. The van der Waals surface area contributed by atoms with E-state index in [1.807, 2.05) is 0 Å². The number of nitrogens with zero attached hydrogens (tertiary/aromatic N) is 1. The third-order valence-electron chi connectivity index (χ3n) is 5.15. The van der Waals surface area contributed by atoms with Gasteiger partial charge in [0.2, 0.25) is 5.91 Å². The van der Waals surface area contributed by atoms with Crippen LogP contribution in [0.1, 0.15) is 68.4 Å². The number of benzene rings is 1. The molecule has 0 fully saturated rings. The minimum absolute atomic E-state index is 0.168. The molecule has 0 N–H and O–H groups in total. The quantitative estimate of drug-likeness (QED) is 0.726. The molecule has 1 aromatic carbocycles. The van der Waals surface area contributed by atoms with Crippen LogP contribution in [0.25, 0.3) is 10.9 Å². The van der Waals surface area contributed by atoms with Crippen molar-refractivity contribution in [2.75, 3.05) is 0 Å². The monoisotopic (exact) mass is 297 g/mol. The Bertz CT molecular complexity index is 668. The molecule has 1 atom stereocenters. The van der Waals surface area contributed by atoms with Gasteiger partial charge in [-0.05, 0) is 50.2 Å². The average Bonchev–Trinajstić information content (AvgIpc) is 2.90. The first-order chi connectivity index (χ1) is 10.8. The van der Waals surface area contributed by atoms with Crippen molar-refractivity contribution in [3.8, 4) is 0 Å². The Morgan fingerprint density at radius 1 is 1.18 bits per heavy atom. The van der Waals surface area contributed by atoms with E-state index in [0.29, 0.717) is 5.91 Å². The summed E-state index contributed by atoms with van der Waals surface area (Å²) in [6, 6.07) is 8.47. The Morgan fingerprint density at radius 2 is 1.95 bits per heavy atom. The molecule has 1 aromatic heterocycles. The number of carbonyl (C=O) groups excluding carboxylic acids is 1. The van der Waals surface area contributed by atoms with Gasteiger partial charge in [-0.15, -0.1) is 0 Å². The van der Waals surface area contributed by atoms with Crippen molar-refractivity contribution in [2.45, 2.75) is 65.2 Å². The summed E-state index contributed by atoms with van der Waals surface area (Å²) in [7, 11) is 0. The highest BCUT2D eigenvalue weighted by atomic mass is 16.2. The number of hydrogen-bond acceptors (Lipinski definition) is 1. The number of unbranched alkanes of at least 4 members (excludes halogenated alkanes) is 1. The Hall–Kier alpha value is -1.57. The summed E-state index contributed by atoms with van der Waals surface area (Å²) in [5.74, 6) is 0.497. The predicted octanol–water partition coefficient (Wildman–Crippen LogP) is 5.38. The highest BCUT2D eigenvalue weighted by Gasteiger charge is 2.26. The van der Waals surface area contributed by atoms with Gasteiger partial charge in [-0.25, -0.2) is 0 Å². The normalized spacial score (nSPS) is 15.7. The Labute approximate surface area is 133 Å². The van der Waals surface area contributed by atoms with Gasteiger partial charge < -0.3 is 0 Å². The lowest BCUT2D eigenvalue weighted by Crippen LogP contribution is -2.24. The van der Waals surface area contributed by atoms with Crippen LogP contribution in [0.3, 0.4) is 0 Å². The molecule has 0 aliphatic heterocycles. The van der Waals surface area contributed by atoms with Gasteiger partial charge in [0, 0.05) is 17.0 Å². The van der Waals surface area contributed by atoms with Crippen molar-refractivity contribution in [1.29, 1.82) is 0 Å². The zero-order chi connectivity index (χ0) is 15.5. The van der Waals surface area contributed by atoms with Crippen molar-refractivity contribution >= 4 is 16.8 Å². The zero-order valence-electron chi connectivity index (χ0n) is 13.9. The van der Waals surface area contributed by atoms with E-state index in [-0.39, 0.29) is 5.92 Å². The molecule has 0 saturated carbocycles. The number of rotatable bonds is 5. The van der Waals surface area contributed by atoms with Crippen LogP contribution in [0.15, 0.2) is 24.3 Å². The van der Waals surface area contributed by atoms with Gasteiger partial charge >= 0.3 is 0 Å². The van der Waals surface area contributed by atoms with Crippen LogP contribution >= 0.6 is 0 Å². The molecule has 0 bridgehead atoms. The fourth-order valence-corrected chi connectivity index (χ4v) is 3.88. The smallest absolute Gasteiger partial charge is 0.234 e. The molecule has 0 amide bonds. The van der Waals surface area contributed by atoms with E-state index >= 15 is 0 Å². The number of para-hydroxylation sites is 1. The SMILES string of the molecule is CCCCC(CC)C(=O)n1c2c(c3ccccc31)CCCC2. The molecule has 1 unspecified atom stereocenters. The highest BCUT2D eigenvalue weighted by molar-refractivity contribution is 5.97. The largest absolute Gasteiger partial charge is 0.284 e. The summed E-state index contributed by atoms with van der Waals surface area (Å²) in [5.41, 5.74) is 3.86. The maximum absolute atomic E-state index is 13.2. The highest BCUT2D eigenvalue weighted by Crippen LogP contribution is 2.33. The van der Waals surface area contributed by atoms with Crippen LogP contribution in [0.5, 0.6) is 0 Å². The standard InChI is InChI=1S/C20H27NO/c1-3-5-10-15(4-2)20(22)21-18-13-8-6-11-16(18)17-12-7-9-14-19(17)21/h6,8,11,13,15H,3-5,7,9-10,12,14H2,1-2H3. The Balaban J connectivity index is 2.07. The van der Waals surface area contributed by atoms with Gasteiger partial charge in [0.05, 0.1) is 5.52 Å². The van der Waals surface area contributed by atoms with Crippen molar-refractivity contribution in [3.05, 3.63) is 35.5 Å². The van der Waals surface area contributed by atoms with Crippen LogP contribution in [-0.2, 0) is 12.8 Å². The van der Waals surface area contributed by atoms with Crippen LogP contribution in [-0.4, -0.2) is 10.5 Å². The van der Waals surface area contributed by atoms with Crippen molar-refractivity contribution in [2.24, 2.45) is 5.92 Å². The zero-order valence-corrected chi connectivity index (χ0v) is 13.9. The molecule has 0 radical (unpaired) electrons. The maximum atomic E-state index is 13.2. The van der Waals surface area contributed by atoms with Gasteiger partial charge in [0.15, 0.2) is 0 Å².